The Kier molecular flexibility index (Phi) is 5.32. The smallest absolute Gasteiger partial charge is 0.224 e. The fourth-order valence-electron chi connectivity index (χ4n) is 1.91. The number of amides is 1. The molecule has 0 fully saturated rings. The second kappa shape index (κ2) is 7.45. The third-order valence-corrected chi connectivity index (χ3v) is 2.95. The van der Waals surface area contributed by atoms with Crippen LogP contribution in [0.1, 0.15) is 12.0 Å². The number of carbonyl (C=O) groups excluding carboxylic acids is 1. The van der Waals surface area contributed by atoms with Gasteiger partial charge in [0.15, 0.2) is 0 Å². The highest BCUT2D eigenvalue weighted by atomic mass is 16.1. The minimum absolute atomic E-state index is 0.0358. The minimum atomic E-state index is 0.0358. The lowest BCUT2D eigenvalue weighted by molar-refractivity contribution is -0.120. The molecule has 1 aromatic carbocycles. The van der Waals surface area contributed by atoms with Crippen molar-refractivity contribution in [1.82, 2.24) is 20.4 Å². The Morgan fingerprint density at radius 2 is 2.05 bits per heavy atom. The predicted octanol–water partition coefficient (Wildman–Crippen LogP) is 1.14. The molecule has 0 radical (unpaired) electrons. The number of hydrogen-bond donors (Lipinski definition) is 2. The van der Waals surface area contributed by atoms with Gasteiger partial charge < -0.3 is 10.6 Å². The number of rotatable bonds is 7. The SMILES string of the molecule is CNCCCNC(=O)Cc1cnn(-c2ccccc2)c1. The fourth-order valence-corrected chi connectivity index (χ4v) is 1.91. The van der Waals surface area contributed by atoms with Gasteiger partial charge in [0.05, 0.1) is 18.3 Å². The summed E-state index contributed by atoms with van der Waals surface area (Å²) in [5, 5.41) is 10.2. The highest BCUT2D eigenvalue weighted by Crippen LogP contribution is 2.07. The Balaban J connectivity index is 1.85. The van der Waals surface area contributed by atoms with Crippen LogP contribution in [-0.4, -0.2) is 35.8 Å². The molecule has 2 aromatic rings. The molecule has 0 bridgehead atoms. The van der Waals surface area contributed by atoms with Gasteiger partial charge >= 0.3 is 0 Å². The van der Waals surface area contributed by atoms with Crippen LogP contribution in [0.2, 0.25) is 0 Å². The summed E-state index contributed by atoms with van der Waals surface area (Å²) in [6.45, 7) is 1.61. The van der Waals surface area contributed by atoms with Crippen molar-refractivity contribution in [3.63, 3.8) is 0 Å². The quantitative estimate of drug-likeness (QED) is 0.743. The van der Waals surface area contributed by atoms with Gasteiger partial charge in [-0.1, -0.05) is 18.2 Å². The van der Waals surface area contributed by atoms with E-state index >= 15 is 0 Å². The zero-order chi connectivity index (χ0) is 14.2. The van der Waals surface area contributed by atoms with Crippen molar-refractivity contribution < 1.29 is 4.79 Å². The van der Waals surface area contributed by atoms with Gasteiger partial charge in [0.1, 0.15) is 0 Å². The fraction of sp³-hybridized carbons (Fsp3) is 0.333. The first kappa shape index (κ1) is 14.3. The monoisotopic (exact) mass is 272 g/mol. The second-order valence-corrected chi connectivity index (χ2v) is 4.61. The number of carbonyl (C=O) groups is 1. The van der Waals surface area contributed by atoms with Crippen molar-refractivity contribution in [1.29, 1.82) is 0 Å². The summed E-state index contributed by atoms with van der Waals surface area (Å²) < 4.78 is 1.78. The van der Waals surface area contributed by atoms with Crippen molar-refractivity contribution in [2.45, 2.75) is 12.8 Å². The molecule has 1 aromatic heterocycles. The number of benzene rings is 1. The van der Waals surface area contributed by atoms with Crippen LogP contribution >= 0.6 is 0 Å². The summed E-state index contributed by atoms with van der Waals surface area (Å²) in [6, 6.07) is 9.85. The van der Waals surface area contributed by atoms with Crippen LogP contribution in [0.25, 0.3) is 5.69 Å². The Hall–Kier alpha value is -2.14. The topological polar surface area (TPSA) is 58.9 Å². The van der Waals surface area contributed by atoms with Crippen molar-refractivity contribution in [3.05, 3.63) is 48.3 Å². The van der Waals surface area contributed by atoms with Crippen molar-refractivity contribution in [2.24, 2.45) is 0 Å². The van der Waals surface area contributed by atoms with Gasteiger partial charge in [0.25, 0.3) is 0 Å². The summed E-state index contributed by atoms with van der Waals surface area (Å²) in [7, 11) is 1.90. The lowest BCUT2D eigenvalue weighted by atomic mass is 10.2. The Morgan fingerprint density at radius 3 is 2.80 bits per heavy atom. The summed E-state index contributed by atoms with van der Waals surface area (Å²) in [5.41, 5.74) is 1.91. The first-order valence-electron chi connectivity index (χ1n) is 6.80. The van der Waals surface area contributed by atoms with E-state index in [0.29, 0.717) is 13.0 Å². The maximum Gasteiger partial charge on any atom is 0.224 e. The van der Waals surface area contributed by atoms with E-state index in [2.05, 4.69) is 15.7 Å². The van der Waals surface area contributed by atoms with Gasteiger partial charge in [-0.25, -0.2) is 4.68 Å². The molecule has 1 heterocycles. The molecule has 0 atom stereocenters. The molecule has 5 nitrogen and oxygen atoms in total. The molecule has 5 heteroatoms. The molecule has 0 unspecified atom stereocenters. The van der Waals surface area contributed by atoms with E-state index in [0.717, 1.165) is 24.2 Å². The number of nitrogens with one attached hydrogen (secondary N) is 2. The van der Waals surface area contributed by atoms with Crippen molar-refractivity contribution in [3.8, 4) is 5.69 Å². The molecular weight excluding hydrogens is 252 g/mol. The zero-order valence-corrected chi connectivity index (χ0v) is 11.7. The molecule has 20 heavy (non-hydrogen) atoms. The van der Waals surface area contributed by atoms with Crippen LogP contribution < -0.4 is 10.6 Å². The Bertz CT molecular complexity index is 536. The van der Waals surface area contributed by atoms with Crippen LogP contribution in [-0.2, 0) is 11.2 Å². The van der Waals surface area contributed by atoms with E-state index in [1.54, 1.807) is 10.9 Å². The molecule has 0 aliphatic carbocycles. The average molecular weight is 272 g/mol. The van der Waals surface area contributed by atoms with E-state index in [4.69, 9.17) is 0 Å². The lowest BCUT2D eigenvalue weighted by Gasteiger charge is -2.03. The molecule has 0 saturated carbocycles. The summed E-state index contributed by atoms with van der Waals surface area (Å²) >= 11 is 0. The Morgan fingerprint density at radius 1 is 1.25 bits per heavy atom. The molecule has 0 spiro atoms. The Labute approximate surface area is 119 Å². The van der Waals surface area contributed by atoms with E-state index in [9.17, 15) is 4.79 Å². The third kappa shape index (κ3) is 4.20. The molecule has 0 aliphatic rings. The maximum atomic E-state index is 11.8. The van der Waals surface area contributed by atoms with E-state index in [1.807, 2.05) is 43.6 Å². The van der Waals surface area contributed by atoms with E-state index in [1.165, 1.54) is 0 Å². The van der Waals surface area contributed by atoms with Crippen molar-refractivity contribution >= 4 is 5.91 Å². The van der Waals surface area contributed by atoms with Gasteiger partial charge in [0, 0.05) is 12.7 Å². The van der Waals surface area contributed by atoms with Gasteiger partial charge in [-0.05, 0) is 37.7 Å². The number of para-hydroxylation sites is 1. The minimum Gasteiger partial charge on any atom is -0.356 e. The molecule has 0 saturated heterocycles. The van der Waals surface area contributed by atoms with E-state index < -0.39 is 0 Å². The standard InChI is InChI=1S/C15H20N4O/c1-16-8-5-9-17-15(20)10-13-11-18-19(12-13)14-6-3-2-4-7-14/h2-4,6-7,11-12,16H,5,8-10H2,1H3,(H,17,20). The molecule has 1 amide bonds. The average Bonchev–Trinajstić information content (AvgIpc) is 2.93. The normalized spacial score (nSPS) is 10.4. The second-order valence-electron chi connectivity index (χ2n) is 4.61. The van der Waals surface area contributed by atoms with Crippen molar-refractivity contribution in [2.75, 3.05) is 20.1 Å². The van der Waals surface area contributed by atoms with Gasteiger partial charge in [-0.2, -0.15) is 5.10 Å². The van der Waals surface area contributed by atoms with Crippen LogP contribution in [0.15, 0.2) is 42.7 Å². The van der Waals surface area contributed by atoms with Gasteiger partial charge in [-0.3, -0.25) is 4.79 Å². The highest BCUT2D eigenvalue weighted by molar-refractivity contribution is 5.78. The molecule has 0 aliphatic heterocycles. The largest absolute Gasteiger partial charge is 0.356 e. The third-order valence-electron chi connectivity index (χ3n) is 2.95. The van der Waals surface area contributed by atoms with Gasteiger partial charge in [-0.15, -0.1) is 0 Å². The van der Waals surface area contributed by atoms with Crippen LogP contribution in [0.3, 0.4) is 0 Å². The summed E-state index contributed by atoms with van der Waals surface area (Å²) in [5.74, 6) is 0.0358. The first-order chi connectivity index (χ1) is 9.79. The number of hydrogen-bond acceptors (Lipinski definition) is 3. The summed E-state index contributed by atoms with van der Waals surface area (Å²) in [6.07, 6.45) is 4.93. The number of aromatic nitrogens is 2. The predicted molar refractivity (Wildman–Crippen MR) is 78.8 cm³/mol. The van der Waals surface area contributed by atoms with E-state index in [-0.39, 0.29) is 5.91 Å². The first-order valence-corrected chi connectivity index (χ1v) is 6.80. The molecular formula is C15H20N4O. The van der Waals surface area contributed by atoms with Crippen LogP contribution in [0, 0.1) is 0 Å². The maximum absolute atomic E-state index is 11.8. The molecule has 2 rings (SSSR count). The molecule has 106 valence electrons. The molecule has 2 N–H and O–H groups in total. The summed E-state index contributed by atoms with van der Waals surface area (Å²) in [4.78, 5) is 11.8. The van der Waals surface area contributed by atoms with Gasteiger partial charge in [0.2, 0.25) is 5.91 Å². The zero-order valence-electron chi connectivity index (χ0n) is 11.7. The van der Waals surface area contributed by atoms with Crippen LogP contribution in [0.5, 0.6) is 0 Å². The van der Waals surface area contributed by atoms with Crippen LogP contribution in [0.4, 0.5) is 0 Å². The lowest BCUT2D eigenvalue weighted by Crippen LogP contribution is -2.27. The number of nitrogens with zero attached hydrogens (tertiary/aromatic N) is 2. The highest BCUT2D eigenvalue weighted by Gasteiger charge is 2.06.